The van der Waals surface area contributed by atoms with E-state index in [1.54, 1.807) is 11.3 Å². The summed E-state index contributed by atoms with van der Waals surface area (Å²) in [5.74, 6) is -0.0222. The first-order chi connectivity index (χ1) is 10.7. The van der Waals surface area contributed by atoms with Gasteiger partial charge in [-0.2, -0.15) is 0 Å². The molecule has 0 aliphatic carbocycles. The summed E-state index contributed by atoms with van der Waals surface area (Å²) in [5.41, 5.74) is 4.31. The first-order valence-electron chi connectivity index (χ1n) is 7.42. The van der Waals surface area contributed by atoms with E-state index in [1.807, 2.05) is 31.2 Å². The van der Waals surface area contributed by atoms with Crippen molar-refractivity contribution in [3.8, 4) is 0 Å². The highest BCUT2D eigenvalue weighted by Crippen LogP contribution is 2.26. The lowest BCUT2D eigenvalue weighted by Crippen LogP contribution is -2.21. The summed E-state index contributed by atoms with van der Waals surface area (Å²) >= 11 is 1.61. The molecular weight excluding hydrogens is 294 g/mol. The van der Waals surface area contributed by atoms with E-state index in [9.17, 15) is 4.79 Å². The Bertz CT molecular complexity index is 839. The van der Waals surface area contributed by atoms with Crippen molar-refractivity contribution >= 4 is 33.8 Å². The van der Waals surface area contributed by atoms with Gasteiger partial charge >= 0.3 is 0 Å². The zero-order valence-corrected chi connectivity index (χ0v) is 13.1. The second kappa shape index (κ2) is 5.26. The third kappa shape index (κ3) is 2.42. The van der Waals surface area contributed by atoms with E-state index in [0.29, 0.717) is 0 Å². The van der Waals surface area contributed by atoms with Crippen molar-refractivity contribution in [2.24, 2.45) is 0 Å². The SMILES string of the molecule is Cc1cc2cc(NC(=O)c3cc4c(s3)CCNC4)ccc2[nH]1. The summed E-state index contributed by atoms with van der Waals surface area (Å²) in [5, 5.41) is 7.46. The maximum absolute atomic E-state index is 12.4. The third-order valence-electron chi connectivity index (χ3n) is 3.98. The van der Waals surface area contributed by atoms with Crippen molar-refractivity contribution in [2.75, 3.05) is 11.9 Å². The monoisotopic (exact) mass is 311 g/mol. The van der Waals surface area contributed by atoms with E-state index in [0.717, 1.165) is 46.7 Å². The molecule has 22 heavy (non-hydrogen) atoms. The fourth-order valence-corrected chi connectivity index (χ4v) is 3.99. The van der Waals surface area contributed by atoms with Crippen LogP contribution in [0.3, 0.4) is 0 Å². The van der Waals surface area contributed by atoms with Crippen molar-refractivity contribution in [3.63, 3.8) is 0 Å². The lowest BCUT2D eigenvalue weighted by molar-refractivity contribution is 0.103. The van der Waals surface area contributed by atoms with E-state index in [4.69, 9.17) is 0 Å². The van der Waals surface area contributed by atoms with Crippen molar-refractivity contribution < 1.29 is 4.79 Å². The molecule has 4 nitrogen and oxygen atoms in total. The zero-order chi connectivity index (χ0) is 15.1. The van der Waals surface area contributed by atoms with Gasteiger partial charge in [0, 0.05) is 40.3 Å². The summed E-state index contributed by atoms with van der Waals surface area (Å²) in [6.45, 7) is 3.90. The van der Waals surface area contributed by atoms with Gasteiger partial charge < -0.3 is 15.6 Å². The van der Waals surface area contributed by atoms with Crippen LogP contribution in [0, 0.1) is 6.92 Å². The number of fused-ring (bicyclic) bond motifs is 2. The molecule has 0 fully saturated rings. The summed E-state index contributed by atoms with van der Waals surface area (Å²) in [6, 6.07) is 10.0. The number of hydrogen-bond donors (Lipinski definition) is 3. The largest absolute Gasteiger partial charge is 0.359 e. The van der Waals surface area contributed by atoms with Crippen LogP contribution < -0.4 is 10.6 Å². The fraction of sp³-hybridized carbons (Fsp3) is 0.235. The molecule has 3 aromatic rings. The molecule has 1 aromatic carbocycles. The molecule has 1 aliphatic rings. The predicted octanol–water partition coefficient (Wildman–Crippen LogP) is 3.44. The summed E-state index contributed by atoms with van der Waals surface area (Å²) < 4.78 is 0. The van der Waals surface area contributed by atoms with Gasteiger partial charge in [-0.05, 0) is 49.2 Å². The van der Waals surface area contributed by atoms with E-state index >= 15 is 0 Å². The van der Waals surface area contributed by atoms with Gasteiger partial charge in [0.15, 0.2) is 0 Å². The average molecular weight is 311 g/mol. The number of rotatable bonds is 2. The summed E-state index contributed by atoms with van der Waals surface area (Å²) in [6.07, 6.45) is 1.02. The molecule has 1 aliphatic heterocycles. The third-order valence-corrected chi connectivity index (χ3v) is 5.21. The van der Waals surface area contributed by atoms with E-state index < -0.39 is 0 Å². The number of carbonyl (C=O) groups excluding carboxylic acids is 1. The van der Waals surface area contributed by atoms with Gasteiger partial charge in [0.25, 0.3) is 5.91 Å². The molecular formula is C17H17N3OS. The minimum atomic E-state index is -0.0222. The minimum absolute atomic E-state index is 0.0222. The van der Waals surface area contributed by atoms with Crippen molar-refractivity contribution in [1.29, 1.82) is 0 Å². The van der Waals surface area contributed by atoms with Gasteiger partial charge in [-0.25, -0.2) is 0 Å². The molecule has 0 saturated carbocycles. The Labute approximate surface area is 132 Å². The molecule has 0 saturated heterocycles. The van der Waals surface area contributed by atoms with Gasteiger partial charge in [-0.3, -0.25) is 4.79 Å². The molecule has 0 unspecified atom stereocenters. The van der Waals surface area contributed by atoms with Crippen LogP contribution in [0.5, 0.6) is 0 Å². The number of amides is 1. The van der Waals surface area contributed by atoms with Crippen LogP contribution in [-0.4, -0.2) is 17.4 Å². The number of H-pyrrole nitrogens is 1. The average Bonchev–Trinajstić information content (AvgIpc) is 3.08. The fourth-order valence-electron chi connectivity index (χ4n) is 2.91. The summed E-state index contributed by atoms with van der Waals surface area (Å²) in [7, 11) is 0. The lowest BCUT2D eigenvalue weighted by Gasteiger charge is -2.10. The van der Waals surface area contributed by atoms with Crippen molar-refractivity contribution in [1.82, 2.24) is 10.3 Å². The molecule has 0 radical (unpaired) electrons. The van der Waals surface area contributed by atoms with Crippen molar-refractivity contribution in [3.05, 3.63) is 51.3 Å². The Hall–Kier alpha value is -2.11. The number of benzene rings is 1. The van der Waals surface area contributed by atoms with E-state index in [-0.39, 0.29) is 5.91 Å². The molecule has 1 amide bonds. The molecule has 5 heteroatoms. The van der Waals surface area contributed by atoms with Crippen LogP contribution in [0.4, 0.5) is 5.69 Å². The number of carbonyl (C=O) groups is 1. The minimum Gasteiger partial charge on any atom is -0.359 e. The highest BCUT2D eigenvalue weighted by atomic mass is 32.1. The lowest BCUT2D eigenvalue weighted by atomic mass is 10.1. The van der Waals surface area contributed by atoms with Crippen LogP contribution in [-0.2, 0) is 13.0 Å². The van der Waals surface area contributed by atoms with E-state index in [1.165, 1.54) is 10.4 Å². The van der Waals surface area contributed by atoms with Crippen molar-refractivity contribution in [2.45, 2.75) is 19.9 Å². The molecule has 3 N–H and O–H groups in total. The van der Waals surface area contributed by atoms with Crippen LogP contribution in [0.2, 0.25) is 0 Å². The van der Waals surface area contributed by atoms with Gasteiger partial charge in [0.2, 0.25) is 0 Å². The summed E-state index contributed by atoms with van der Waals surface area (Å²) in [4.78, 5) is 17.9. The van der Waals surface area contributed by atoms with Crippen LogP contribution >= 0.6 is 11.3 Å². The first kappa shape index (κ1) is 13.5. The van der Waals surface area contributed by atoms with Crippen LogP contribution in [0.25, 0.3) is 10.9 Å². The predicted molar refractivity (Wildman–Crippen MR) is 90.7 cm³/mol. The first-order valence-corrected chi connectivity index (χ1v) is 8.24. The highest BCUT2D eigenvalue weighted by molar-refractivity contribution is 7.14. The maximum Gasteiger partial charge on any atom is 0.265 e. The smallest absolute Gasteiger partial charge is 0.265 e. The van der Waals surface area contributed by atoms with Gasteiger partial charge in [-0.1, -0.05) is 0 Å². The molecule has 112 valence electrons. The molecule has 4 rings (SSSR count). The standard InChI is InChI=1S/C17H17N3OS/c1-10-6-11-7-13(2-3-14(11)19-10)20-17(21)16-8-12-9-18-5-4-15(12)22-16/h2-3,6-8,18-19H,4-5,9H2,1H3,(H,20,21). The number of nitrogens with one attached hydrogen (secondary N) is 3. The highest BCUT2D eigenvalue weighted by Gasteiger charge is 2.17. The molecule has 0 atom stereocenters. The Balaban J connectivity index is 1.58. The topological polar surface area (TPSA) is 56.9 Å². The Kier molecular flexibility index (Phi) is 3.24. The number of hydrogen-bond acceptors (Lipinski definition) is 3. The maximum atomic E-state index is 12.4. The quantitative estimate of drug-likeness (QED) is 0.679. The van der Waals surface area contributed by atoms with Gasteiger partial charge in [-0.15, -0.1) is 11.3 Å². The van der Waals surface area contributed by atoms with Crippen LogP contribution in [0.1, 0.15) is 25.8 Å². The number of anilines is 1. The Morgan fingerprint density at radius 3 is 3.05 bits per heavy atom. The second-order valence-electron chi connectivity index (χ2n) is 5.69. The number of thiophene rings is 1. The number of aromatic nitrogens is 1. The number of aryl methyl sites for hydroxylation is 1. The Morgan fingerprint density at radius 2 is 2.18 bits per heavy atom. The van der Waals surface area contributed by atoms with Gasteiger partial charge in [0.05, 0.1) is 4.88 Å². The normalized spacial score (nSPS) is 14.0. The second-order valence-corrected chi connectivity index (χ2v) is 6.83. The molecule has 3 heterocycles. The van der Waals surface area contributed by atoms with Gasteiger partial charge in [0.1, 0.15) is 0 Å². The zero-order valence-electron chi connectivity index (χ0n) is 12.3. The van der Waals surface area contributed by atoms with E-state index in [2.05, 4.69) is 21.7 Å². The molecule has 0 bridgehead atoms. The molecule has 2 aromatic heterocycles. The molecule has 0 spiro atoms. The Morgan fingerprint density at radius 1 is 1.27 bits per heavy atom. The van der Waals surface area contributed by atoms with Crippen LogP contribution in [0.15, 0.2) is 30.3 Å². The number of aromatic amines is 1.